The van der Waals surface area contributed by atoms with Crippen molar-refractivity contribution < 1.29 is 8.42 Å². The second kappa shape index (κ2) is 4.25. The summed E-state index contributed by atoms with van der Waals surface area (Å²) in [6.07, 6.45) is 0. The van der Waals surface area contributed by atoms with Gasteiger partial charge in [0, 0.05) is 0 Å². The summed E-state index contributed by atoms with van der Waals surface area (Å²) in [6, 6.07) is 10.6. The Kier molecular flexibility index (Phi) is 3.26. The van der Waals surface area contributed by atoms with Crippen molar-refractivity contribution in [3.63, 3.8) is 0 Å². The third-order valence-corrected chi connectivity index (χ3v) is 3.85. The second-order valence-electron chi connectivity index (χ2n) is 3.06. The van der Waals surface area contributed by atoms with E-state index < -0.39 is 15.1 Å². The van der Waals surface area contributed by atoms with E-state index >= 15 is 0 Å². The first kappa shape index (κ1) is 10.7. The predicted molar refractivity (Wildman–Crippen MR) is 54.1 cm³/mol. The van der Waals surface area contributed by atoms with Crippen LogP contribution in [0.2, 0.25) is 0 Å². The highest BCUT2D eigenvalue weighted by molar-refractivity contribution is 7.91. The van der Waals surface area contributed by atoms with E-state index in [1.54, 1.807) is 30.3 Å². The Hall–Kier alpha value is -1.34. The van der Waals surface area contributed by atoms with Crippen LogP contribution in [0, 0.1) is 11.3 Å². The van der Waals surface area contributed by atoms with Crippen LogP contribution in [0.3, 0.4) is 0 Å². The fraction of sp³-hybridized carbons (Fsp3) is 0.300. The van der Waals surface area contributed by atoms with Gasteiger partial charge in [-0.15, -0.1) is 0 Å². The quantitative estimate of drug-likeness (QED) is 0.758. The van der Waals surface area contributed by atoms with Gasteiger partial charge in [-0.1, -0.05) is 30.3 Å². The van der Waals surface area contributed by atoms with Crippen molar-refractivity contribution in [2.45, 2.75) is 17.9 Å². The molecule has 4 heteroatoms. The van der Waals surface area contributed by atoms with Crippen LogP contribution in [-0.2, 0) is 15.6 Å². The molecule has 1 atom stereocenters. The molecule has 0 aromatic heterocycles. The van der Waals surface area contributed by atoms with Crippen molar-refractivity contribution in [3.8, 4) is 6.07 Å². The molecule has 0 heterocycles. The molecule has 1 aromatic carbocycles. The first-order valence-electron chi connectivity index (χ1n) is 4.21. The minimum Gasteiger partial charge on any atom is -0.227 e. The maximum absolute atomic E-state index is 11.5. The van der Waals surface area contributed by atoms with Crippen LogP contribution >= 0.6 is 0 Å². The van der Waals surface area contributed by atoms with E-state index in [9.17, 15) is 8.42 Å². The summed E-state index contributed by atoms with van der Waals surface area (Å²) < 4.78 is 23.0. The van der Waals surface area contributed by atoms with Gasteiger partial charge >= 0.3 is 0 Å². The van der Waals surface area contributed by atoms with E-state index in [0.29, 0.717) is 0 Å². The zero-order chi connectivity index (χ0) is 10.6. The van der Waals surface area contributed by atoms with Crippen LogP contribution in [0.25, 0.3) is 0 Å². The van der Waals surface area contributed by atoms with Crippen LogP contribution in [0.5, 0.6) is 0 Å². The molecule has 3 nitrogen and oxygen atoms in total. The standard InChI is InChI=1S/C10H11NO2S/c1-9(7-11)14(12,13)8-10-5-3-2-4-6-10/h2-6,9H,8H2,1H3/t9-/m0/s1. The highest BCUT2D eigenvalue weighted by atomic mass is 32.2. The fourth-order valence-corrected chi connectivity index (χ4v) is 2.08. The number of benzene rings is 1. The van der Waals surface area contributed by atoms with E-state index in [2.05, 4.69) is 0 Å². The molecule has 0 saturated heterocycles. The van der Waals surface area contributed by atoms with Crippen molar-refractivity contribution in [1.82, 2.24) is 0 Å². The van der Waals surface area contributed by atoms with Gasteiger partial charge in [0.05, 0.1) is 11.8 Å². The molecule has 0 aliphatic carbocycles. The molecule has 0 N–H and O–H groups in total. The molecule has 0 radical (unpaired) electrons. The first-order chi connectivity index (χ1) is 6.56. The maximum atomic E-state index is 11.5. The Morgan fingerprint density at radius 3 is 2.43 bits per heavy atom. The molecule has 1 rings (SSSR count). The minimum absolute atomic E-state index is 0.0669. The molecule has 0 amide bonds. The maximum Gasteiger partial charge on any atom is 0.170 e. The number of nitrogens with zero attached hydrogens (tertiary/aromatic N) is 1. The van der Waals surface area contributed by atoms with Gasteiger partial charge in [0.25, 0.3) is 0 Å². The molecule has 0 saturated carbocycles. The Morgan fingerprint density at radius 1 is 1.36 bits per heavy atom. The van der Waals surface area contributed by atoms with Gasteiger partial charge in [-0.25, -0.2) is 8.42 Å². The topological polar surface area (TPSA) is 57.9 Å². The number of rotatable bonds is 3. The largest absolute Gasteiger partial charge is 0.227 e. The number of nitriles is 1. The van der Waals surface area contributed by atoms with Crippen molar-refractivity contribution in [2.75, 3.05) is 0 Å². The summed E-state index contributed by atoms with van der Waals surface area (Å²) in [5, 5.41) is 7.58. The monoisotopic (exact) mass is 209 g/mol. The first-order valence-corrected chi connectivity index (χ1v) is 5.93. The van der Waals surface area contributed by atoms with Crippen molar-refractivity contribution >= 4 is 9.84 Å². The van der Waals surface area contributed by atoms with Crippen molar-refractivity contribution in [2.24, 2.45) is 0 Å². The lowest BCUT2D eigenvalue weighted by Gasteiger charge is -2.04. The van der Waals surface area contributed by atoms with Gasteiger partial charge < -0.3 is 0 Å². The molecule has 0 aliphatic heterocycles. The highest BCUT2D eigenvalue weighted by Crippen LogP contribution is 2.10. The molecule has 14 heavy (non-hydrogen) atoms. The van der Waals surface area contributed by atoms with Crippen molar-refractivity contribution in [3.05, 3.63) is 35.9 Å². The summed E-state index contributed by atoms with van der Waals surface area (Å²) in [7, 11) is -3.32. The molecule has 0 fully saturated rings. The lowest BCUT2D eigenvalue weighted by atomic mass is 10.2. The highest BCUT2D eigenvalue weighted by Gasteiger charge is 2.20. The summed E-state index contributed by atoms with van der Waals surface area (Å²) in [5.41, 5.74) is 0.717. The molecule has 74 valence electrons. The third-order valence-electron chi connectivity index (χ3n) is 1.93. The Morgan fingerprint density at radius 2 is 1.93 bits per heavy atom. The molecule has 0 bridgehead atoms. The van der Waals surface area contributed by atoms with Gasteiger partial charge in [-0.3, -0.25) is 0 Å². The Bertz CT molecular complexity index is 431. The van der Waals surface area contributed by atoms with E-state index in [1.165, 1.54) is 6.92 Å². The number of hydrogen-bond donors (Lipinski definition) is 0. The molecular weight excluding hydrogens is 198 g/mol. The zero-order valence-electron chi connectivity index (χ0n) is 7.84. The fourth-order valence-electron chi connectivity index (χ4n) is 1.01. The third kappa shape index (κ3) is 2.57. The average molecular weight is 209 g/mol. The van der Waals surface area contributed by atoms with Crippen LogP contribution in [0.1, 0.15) is 12.5 Å². The number of sulfone groups is 1. The van der Waals surface area contributed by atoms with Gasteiger partial charge in [-0.05, 0) is 12.5 Å². The van der Waals surface area contributed by atoms with E-state index in [4.69, 9.17) is 5.26 Å². The zero-order valence-corrected chi connectivity index (χ0v) is 8.66. The molecule has 0 unspecified atom stereocenters. The van der Waals surface area contributed by atoms with Gasteiger partial charge in [0.1, 0.15) is 5.25 Å². The van der Waals surface area contributed by atoms with Crippen molar-refractivity contribution in [1.29, 1.82) is 5.26 Å². The van der Waals surface area contributed by atoms with Crippen LogP contribution in [-0.4, -0.2) is 13.7 Å². The Balaban J connectivity index is 2.86. The molecule has 1 aromatic rings. The molecule has 0 spiro atoms. The minimum atomic E-state index is -3.32. The number of hydrogen-bond acceptors (Lipinski definition) is 3. The normalized spacial score (nSPS) is 13.1. The van der Waals surface area contributed by atoms with Gasteiger partial charge in [0.2, 0.25) is 0 Å². The molecule has 0 aliphatic rings. The van der Waals surface area contributed by atoms with Crippen LogP contribution < -0.4 is 0 Å². The summed E-state index contributed by atoms with van der Waals surface area (Å²) in [6.45, 7) is 1.40. The Labute approximate surface area is 83.9 Å². The lowest BCUT2D eigenvalue weighted by Crippen LogP contribution is -2.17. The van der Waals surface area contributed by atoms with Crippen LogP contribution in [0.15, 0.2) is 30.3 Å². The summed E-state index contributed by atoms with van der Waals surface area (Å²) in [5.74, 6) is -0.0669. The summed E-state index contributed by atoms with van der Waals surface area (Å²) in [4.78, 5) is 0. The SMILES string of the molecule is C[C@@H](C#N)S(=O)(=O)Cc1ccccc1. The van der Waals surface area contributed by atoms with E-state index in [-0.39, 0.29) is 5.75 Å². The lowest BCUT2D eigenvalue weighted by molar-refractivity contribution is 0.591. The van der Waals surface area contributed by atoms with E-state index in [1.807, 2.05) is 6.07 Å². The van der Waals surface area contributed by atoms with Gasteiger partial charge in [-0.2, -0.15) is 5.26 Å². The smallest absolute Gasteiger partial charge is 0.170 e. The summed E-state index contributed by atoms with van der Waals surface area (Å²) >= 11 is 0. The average Bonchev–Trinajstić information content (AvgIpc) is 2.17. The predicted octanol–water partition coefficient (Wildman–Crippen LogP) is 1.51. The van der Waals surface area contributed by atoms with E-state index in [0.717, 1.165) is 5.56 Å². The molecular formula is C10H11NO2S. The second-order valence-corrected chi connectivity index (χ2v) is 5.39. The van der Waals surface area contributed by atoms with Gasteiger partial charge in [0.15, 0.2) is 9.84 Å². The van der Waals surface area contributed by atoms with Crippen LogP contribution in [0.4, 0.5) is 0 Å².